The first-order chi connectivity index (χ1) is 8.56. The van der Waals surface area contributed by atoms with Gasteiger partial charge in [-0.1, -0.05) is 5.16 Å². The SMILES string of the molecule is Cc1cc(NC(=O)C(C)N2CCNC(=O)C2)no1. The van der Waals surface area contributed by atoms with E-state index in [0.717, 1.165) is 0 Å². The first-order valence-corrected chi connectivity index (χ1v) is 5.81. The Hall–Kier alpha value is -1.89. The molecule has 2 rings (SSSR count). The minimum atomic E-state index is -0.381. The Labute approximate surface area is 104 Å². The van der Waals surface area contributed by atoms with Gasteiger partial charge in [-0.15, -0.1) is 0 Å². The summed E-state index contributed by atoms with van der Waals surface area (Å²) in [6.45, 7) is 4.99. The van der Waals surface area contributed by atoms with E-state index >= 15 is 0 Å². The number of hydrogen-bond acceptors (Lipinski definition) is 5. The smallest absolute Gasteiger partial charge is 0.242 e. The Bertz CT molecular complexity index is 457. The molecule has 1 unspecified atom stereocenters. The second-order valence-electron chi connectivity index (χ2n) is 4.31. The molecule has 2 N–H and O–H groups in total. The van der Waals surface area contributed by atoms with Crippen molar-refractivity contribution in [2.45, 2.75) is 19.9 Å². The van der Waals surface area contributed by atoms with Gasteiger partial charge in [-0.05, 0) is 13.8 Å². The summed E-state index contributed by atoms with van der Waals surface area (Å²) in [5.41, 5.74) is 0. The van der Waals surface area contributed by atoms with Crippen LogP contribution in [0.1, 0.15) is 12.7 Å². The van der Waals surface area contributed by atoms with E-state index in [0.29, 0.717) is 24.7 Å². The van der Waals surface area contributed by atoms with Crippen LogP contribution in [0.25, 0.3) is 0 Å². The lowest BCUT2D eigenvalue weighted by Crippen LogP contribution is -2.53. The number of aromatic nitrogens is 1. The number of hydrogen-bond donors (Lipinski definition) is 2. The maximum atomic E-state index is 12.0. The van der Waals surface area contributed by atoms with Crippen molar-refractivity contribution in [3.8, 4) is 0 Å². The second kappa shape index (κ2) is 5.18. The van der Waals surface area contributed by atoms with Gasteiger partial charge in [0.25, 0.3) is 0 Å². The molecule has 0 radical (unpaired) electrons. The molecule has 7 nitrogen and oxygen atoms in total. The number of piperazine rings is 1. The second-order valence-corrected chi connectivity index (χ2v) is 4.31. The van der Waals surface area contributed by atoms with E-state index in [-0.39, 0.29) is 24.4 Å². The van der Waals surface area contributed by atoms with Crippen LogP contribution in [0.3, 0.4) is 0 Å². The maximum absolute atomic E-state index is 12.0. The third-order valence-electron chi connectivity index (χ3n) is 2.87. The number of amides is 2. The van der Waals surface area contributed by atoms with Crippen molar-refractivity contribution < 1.29 is 14.1 Å². The quantitative estimate of drug-likeness (QED) is 0.774. The molecular weight excluding hydrogens is 236 g/mol. The molecule has 2 heterocycles. The van der Waals surface area contributed by atoms with Gasteiger partial charge in [0, 0.05) is 19.2 Å². The Morgan fingerprint density at radius 3 is 3.06 bits per heavy atom. The molecule has 2 amide bonds. The lowest BCUT2D eigenvalue weighted by Gasteiger charge is -2.30. The van der Waals surface area contributed by atoms with E-state index in [1.165, 1.54) is 0 Å². The summed E-state index contributed by atoms with van der Waals surface area (Å²) in [4.78, 5) is 25.0. The lowest BCUT2D eigenvalue weighted by atomic mass is 10.2. The Morgan fingerprint density at radius 2 is 2.44 bits per heavy atom. The van der Waals surface area contributed by atoms with Gasteiger partial charge >= 0.3 is 0 Å². The number of anilines is 1. The van der Waals surface area contributed by atoms with Gasteiger partial charge < -0.3 is 15.2 Å². The lowest BCUT2D eigenvalue weighted by molar-refractivity contribution is -0.127. The van der Waals surface area contributed by atoms with Crippen molar-refractivity contribution in [3.63, 3.8) is 0 Å². The molecule has 1 fully saturated rings. The van der Waals surface area contributed by atoms with Crippen molar-refractivity contribution >= 4 is 17.6 Å². The fourth-order valence-electron chi connectivity index (χ4n) is 1.81. The molecule has 1 aliphatic rings. The van der Waals surface area contributed by atoms with Gasteiger partial charge in [0.2, 0.25) is 11.8 Å². The van der Waals surface area contributed by atoms with E-state index in [1.807, 2.05) is 4.90 Å². The fourth-order valence-corrected chi connectivity index (χ4v) is 1.81. The van der Waals surface area contributed by atoms with Gasteiger partial charge in [-0.25, -0.2) is 0 Å². The molecule has 0 saturated carbocycles. The van der Waals surface area contributed by atoms with Crippen molar-refractivity contribution in [1.82, 2.24) is 15.4 Å². The van der Waals surface area contributed by atoms with Crippen LogP contribution in [-0.4, -0.2) is 47.5 Å². The Kier molecular flexibility index (Phi) is 3.61. The van der Waals surface area contributed by atoms with Crippen molar-refractivity contribution in [1.29, 1.82) is 0 Å². The number of carbonyl (C=O) groups excluding carboxylic acids is 2. The standard InChI is InChI=1S/C11H16N4O3/c1-7-5-9(14-18-7)13-11(17)8(2)15-4-3-12-10(16)6-15/h5,8H,3-4,6H2,1-2H3,(H,12,16)(H,13,14,17). The average Bonchev–Trinajstić information content (AvgIpc) is 2.73. The van der Waals surface area contributed by atoms with Crippen LogP contribution in [0.5, 0.6) is 0 Å². The first kappa shape index (κ1) is 12.6. The third-order valence-corrected chi connectivity index (χ3v) is 2.87. The molecule has 1 aromatic heterocycles. The molecule has 1 atom stereocenters. The van der Waals surface area contributed by atoms with Crippen LogP contribution >= 0.6 is 0 Å². The third kappa shape index (κ3) is 2.86. The van der Waals surface area contributed by atoms with Crippen LogP contribution in [0, 0.1) is 6.92 Å². The predicted octanol–water partition coefficient (Wildman–Crippen LogP) is -0.258. The molecule has 1 aliphatic heterocycles. The Balaban J connectivity index is 1.93. The highest BCUT2D eigenvalue weighted by atomic mass is 16.5. The molecule has 7 heteroatoms. The molecule has 1 aromatic rings. The summed E-state index contributed by atoms with van der Waals surface area (Å²) >= 11 is 0. The topological polar surface area (TPSA) is 87.5 Å². The molecule has 0 spiro atoms. The first-order valence-electron chi connectivity index (χ1n) is 5.81. The molecule has 0 aliphatic carbocycles. The zero-order valence-electron chi connectivity index (χ0n) is 10.4. The molecule has 0 bridgehead atoms. The van der Waals surface area contributed by atoms with E-state index in [9.17, 15) is 9.59 Å². The summed E-state index contributed by atoms with van der Waals surface area (Å²) in [6.07, 6.45) is 0. The summed E-state index contributed by atoms with van der Waals surface area (Å²) < 4.78 is 4.87. The normalized spacial score (nSPS) is 18.2. The van der Waals surface area contributed by atoms with Crippen LogP contribution < -0.4 is 10.6 Å². The fraction of sp³-hybridized carbons (Fsp3) is 0.545. The van der Waals surface area contributed by atoms with Crippen LogP contribution in [0.2, 0.25) is 0 Å². The van der Waals surface area contributed by atoms with Crippen molar-refractivity contribution in [3.05, 3.63) is 11.8 Å². The number of aryl methyl sites for hydroxylation is 1. The largest absolute Gasteiger partial charge is 0.360 e. The molecule has 0 aromatic carbocycles. The predicted molar refractivity (Wildman–Crippen MR) is 63.9 cm³/mol. The van der Waals surface area contributed by atoms with E-state index in [1.54, 1.807) is 19.9 Å². The maximum Gasteiger partial charge on any atom is 0.242 e. The van der Waals surface area contributed by atoms with Gasteiger partial charge in [0.05, 0.1) is 12.6 Å². The molecule has 18 heavy (non-hydrogen) atoms. The minimum Gasteiger partial charge on any atom is -0.360 e. The monoisotopic (exact) mass is 252 g/mol. The minimum absolute atomic E-state index is 0.0572. The highest BCUT2D eigenvalue weighted by molar-refractivity contribution is 5.94. The van der Waals surface area contributed by atoms with Crippen LogP contribution in [0.4, 0.5) is 5.82 Å². The summed E-state index contributed by atoms with van der Waals surface area (Å²) in [5.74, 6) is 0.775. The number of rotatable bonds is 3. The number of nitrogens with zero attached hydrogens (tertiary/aromatic N) is 2. The van der Waals surface area contributed by atoms with Crippen LogP contribution in [0.15, 0.2) is 10.6 Å². The van der Waals surface area contributed by atoms with Crippen molar-refractivity contribution in [2.75, 3.05) is 25.0 Å². The van der Waals surface area contributed by atoms with Gasteiger partial charge in [0.1, 0.15) is 5.76 Å². The summed E-state index contributed by atoms with van der Waals surface area (Å²) in [7, 11) is 0. The van der Waals surface area contributed by atoms with Crippen LogP contribution in [-0.2, 0) is 9.59 Å². The van der Waals surface area contributed by atoms with Gasteiger partial charge in [-0.3, -0.25) is 14.5 Å². The molecule has 1 saturated heterocycles. The van der Waals surface area contributed by atoms with E-state index in [4.69, 9.17) is 4.52 Å². The van der Waals surface area contributed by atoms with Crippen molar-refractivity contribution in [2.24, 2.45) is 0 Å². The molecule has 98 valence electrons. The van der Waals surface area contributed by atoms with E-state index < -0.39 is 0 Å². The van der Waals surface area contributed by atoms with Gasteiger partial charge in [-0.2, -0.15) is 0 Å². The highest BCUT2D eigenvalue weighted by Crippen LogP contribution is 2.09. The zero-order chi connectivity index (χ0) is 13.1. The van der Waals surface area contributed by atoms with Gasteiger partial charge in [0.15, 0.2) is 5.82 Å². The summed E-state index contributed by atoms with van der Waals surface area (Å²) in [5, 5.41) is 9.07. The Morgan fingerprint density at radius 1 is 1.67 bits per heavy atom. The highest BCUT2D eigenvalue weighted by Gasteiger charge is 2.26. The number of carbonyl (C=O) groups is 2. The van der Waals surface area contributed by atoms with E-state index in [2.05, 4.69) is 15.8 Å². The molecular formula is C11H16N4O3. The average molecular weight is 252 g/mol. The zero-order valence-corrected chi connectivity index (χ0v) is 10.4. The number of nitrogens with one attached hydrogen (secondary N) is 2. The summed E-state index contributed by atoms with van der Waals surface area (Å²) in [6, 6.07) is 1.26.